The van der Waals surface area contributed by atoms with E-state index in [0.29, 0.717) is 0 Å². The van der Waals surface area contributed by atoms with Gasteiger partial charge in [0.15, 0.2) is 0 Å². The quantitative estimate of drug-likeness (QED) is 0.679. The van der Waals surface area contributed by atoms with Crippen molar-refractivity contribution in [3.8, 4) is 0 Å². The third-order valence-electron chi connectivity index (χ3n) is 1.86. The molecule has 64 valence electrons. The average Bonchev–Trinajstić information content (AvgIpc) is 2.03. The zero-order valence-corrected chi connectivity index (χ0v) is 7.26. The van der Waals surface area contributed by atoms with Crippen molar-refractivity contribution in [2.45, 2.75) is 13.8 Å². The molecule has 0 aromatic heterocycles. The van der Waals surface area contributed by atoms with E-state index < -0.39 is 0 Å². The maximum atomic E-state index is 12.7. The van der Waals surface area contributed by atoms with Crippen molar-refractivity contribution in [3.63, 3.8) is 0 Å². The van der Waals surface area contributed by atoms with Crippen LogP contribution < -0.4 is 5.73 Å². The van der Waals surface area contributed by atoms with Crippen LogP contribution in [0.5, 0.6) is 0 Å². The smallest absolute Gasteiger partial charge is 0.123 e. The van der Waals surface area contributed by atoms with Gasteiger partial charge in [-0.3, -0.25) is 0 Å². The van der Waals surface area contributed by atoms with Crippen molar-refractivity contribution < 1.29 is 4.39 Å². The van der Waals surface area contributed by atoms with Crippen LogP contribution in [0.3, 0.4) is 0 Å². The summed E-state index contributed by atoms with van der Waals surface area (Å²) in [7, 11) is 0. The maximum Gasteiger partial charge on any atom is 0.123 e. The van der Waals surface area contributed by atoms with Gasteiger partial charge in [0.1, 0.15) is 5.82 Å². The van der Waals surface area contributed by atoms with E-state index in [2.05, 4.69) is 0 Å². The SMILES string of the molecule is C/C(=C/N)c1ccc(F)cc1C. The molecule has 1 rings (SSSR count). The van der Waals surface area contributed by atoms with E-state index in [1.54, 1.807) is 6.07 Å². The molecule has 0 radical (unpaired) electrons. The summed E-state index contributed by atoms with van der Waals surface area (Å²) in [6, 6.07) is 4.68. The molecule has 0 saturated heterocycles. The minimum atomic E-state index is -0.207. The van der Waals surface area contributed by atoms with E-state index in [-0.39, 0.29) is 5.82 Å². The normalized spacial score (nSPS) is 11.8. The molecule has 0 spiro atoms. The lowest BCUT2D eigenvalue weighted by atomic mass is 10.0. The van der Waals surface area contributed by atoms with Crippen molar-refractivity contribution in [2.24, 2.45) is 5.73 Å². The van der Waals surface area contributed by atoms with Crippen LogP contribution in [0.2, 0.25) is 0 Å². The van der Waals surface area contributed by atoms with Gasteiger partial charge in [-0.2, -0.15) is 0 Å². The van der Waals surface area contributed by atoms with E-state index in [4.69, 9.17) is 5.73 Å². The lowest BCUT2D eigenvalue weighted by Gasteiger charge is -2.04. The van der Waals surface area contributed by atoms with Gasteiger partial charge in [-0.15, -0.1) is 0 Å². The van der Waals surface area contributed by atoms with Crippen molar-refractivity contribution >= 4 is 5.57 Å². The second-order valence-corrected chi connectivity index (χ2v) is 2.81. The lowest BCUT2D eigenvalue weighted by molar-refractivity contribution is 0.626. The molecule has 0 aliphatic rings. The molecule has 0 aliphatic heterocycles. The molecule has 0 unspecified atom stereocenters. The molecule has 0 heterocycles. The van der Waals surface area contributed by atoms with Gasteiger partial charge in [0.2, 0.25) is 0 Å². The van der Waals surface area contributed by atoms with E-state index in [0.717, 1.165) is 16.7 Å². The van der Waals surface area contributed by atoms with Gasteiger partial charge in [0, 0.05) is 0 Å². The van der Waals surface area contributed by atoms with Crippen LogP contribution in [0.4, 0.5) is 4.39 Å². The highest BCUT2D eigenvalue weighted by Crippen LogP contribution is 2.17. The monoisotopic (exact) mass is 165 g/mol. The van der Waals surface area contributed by atoms with E-state index in [9.17, 15) is 4.39 Å². The Bertz CT molecular complexity index is 316. The Balaban J connectivity index is 3.18. The van der Waals surface area contributed by atoms with Gasteiger partial charge < -0.3 is 5.73 Å². The Morgan fingerprint density at radius 3 is 2.67 bits per heavy atom. The lowest BCUT2D eigenvalue weighted by Crippen LogP contribution is -1.90. The average molecular weight is 165 g/mol. The molecule has 1 aromatic rings. The summed E-state index contributed by atoms with van der Waals surface area (Å²) >= 11 is 0. The molecule has 12 heavy (non-hydrogen) atoms. The largest absolute Gasteiger partial charge is 0.404 e. The molecule has 0 bridgehead atoms. The first-order chi connectivity index (χ1) is 5.65. The van der Waals surface area contributed by atoms with Crippen LogP contribution in [-0.4, -0.2) is 0 Å². The number of aryl methyl sites for hydroxylation is 1. The fourth-order valence-electron chi connectivity index (χ4n) is 1.16. The first-order valence-electron chi connectivity index (χ1n) is 3.80. The van der Waals surface area contributed by atoms with Crippen LogP contribution >= 0.6 is 0 Å². The molecule has 0 saturated carbocycles. The summed E-state index contributed by atoms with van der Waals surface area (Å²) in [6.07, 6.45) is 1.53. The zero-order chi connectivity index (χ0) is 9.14. The first-order valence-corrected chi connectivity index (χ1v) is 3.80. The third-order valence-corrected chi connectivity index (χ3v) is 1.86. The predicted octanol–water partition coefficient (Wildman–Crippen LogP) is 2.45. The van der Waals surface area contributed by atoms with Crippen LogP contribution in [0, 0.1) is 12.7 Å². The highest BCUT2D eigenvalue weighted by atomic mass is 19.1. The number of allylic oxidation sites excluding steroid dienone is 1. The fraction of sp³-hybridized carbons (Fsp3) is 0.200. The first kappa shape index (κ1) is 8.78. The zero-order valence-electron chi connectivity index (χ0n) is 7.26. The topological polar surface area (TPSA) is 26.0 Å². The van der Waals surface area contributed by atoms with Gasteiger partial charge in [-0.05, 0) is 48.9 Å². The Hall–Kier alpha value is -1.31. The molecule has 0 fully saturated rings. The minimum absolute atomic E-state index is 0.207. The molecule has 2 heteroatoms. The van der Waals surface area contributed by atoms with E-state index >= 15 is 0 Å². The van der Waals surface area contributed by atoms with Crippen LogP contribution in [0.25, 0.3) is 5.57 Å². The Morgan fingerprint density at radius 2 is 2.17 bits per heavy atom. The van der Waals surface area contributed by atoms with Crippen molar-refractivity contribution in [1.29, 1.82) is 0 Å². The summed E-state index contributed by atoms with van der Waals surface area (Å²) in [4.78, 5) is 0. The number of hydrogen-bond donors (Lipinski definition) is 1. The third kappa shape index (κ3) is 1.64. The van der Waals surface area contributed by atoms with Crippen molar-refractivity contribution in [3.05, 3.63) is 41.3 Å². The molecule has 0 aliphatic carbocycles. The Kier molecular flexibility index (Phi) is 2.48. The maximum absolute atomic E-state index is 12.7. The van der Waals surface area contributed by atoms with Crippen LogP contribution in [0.1, 0.15) is 18.1 Å². The molecule has 2 N–H and O–H groups in total. The Labute approximate surface area is 71.7 Å². The number of nitrogens with two attached hydrogens (primary N) is 1. The minimum Gasteiger partial charge on any atom is -0.404 e. The number of hydrogen-bond acceptors (Lipinski definition) is 1. The van der Waals surface area contributed by atoms with Crippen molar-refractivity contribution in [2.75, 3.05) is 0 Å². The second-order valence-electron chi connectivity index (χ2n) is 2.81. The van der Waals surface area contributed by atoms with Crippen LogP contribution in [-0.2, 0) is 0 Å². The second kappa shape index (κ2) is 3.39. The molecule has 1 aromatic carbocycles. The van der Waals surface area contributed by atoms with E-state index in [1.807, 2.05) is 13.8 Å². The number of halogens is 1. The van der Waals surface area contributed by atoms with Gasteiger partial charge in [0.05, 0.1) is 0 Å². The molecular weight excluding hydrogens is 153 g/mol. The van der Waals surface area contributed by atoms with Gasteiger partial charge in [0.25, 0.3) is 0 Å². The molecular formula is C10H12FN. The van der Waals surface area contributed by atoms with Crippen LogP contribution in [0.15, 0.2) is 24.4 Å². The Morgan fingerprint density at radius 1 is 1.50 bits per heavy atom. The predicted molar refractivity (Wildman–Crippen MR) is 49.0 cm³/mol. The van der Waals surface area contributed by atoms with Gasteiger partial charge in [-0.1, -0.05) is 6.07 Å². The summed E-state index contributed by atoms with van der Waals surface area (Å²) in [6.45, 7) is 3.77. The highest BCUT2D eigenvalue weighted by Gasteiger charge is 2.00. The molecule has 0 atom stereocenters. The summed E-state index contributed by atoms with van der Waals surface area (Å²) < 4.78 is 12.7. The number of rotatable bonds is 1. The van der Waals surface area contributed by atoms with E-state index in [1.165, 1.54) is 18.3 Å². The summed E-state index contributed by atoms with van der Waals surface area (Å²) in [5, 5.41) is 0. The molecule has 0 amide bonds. The van der Waals surface area contributed by atoms with Gasteiger partial charge in [-0.25, -0.2) is 4.39 Å². The van der Waals surface area contributed by atoms with Gasteiger partial charge >= 0.3 is 0 Å². The fourth-order valence-corrected chi connectivity index (χ4v) is 1.16. The van der Waals surface area contributed by atoms with Crippen molar-refractivity contribution in [1.82, 2.24) is 0 Å². The highest BCUT2D eigenvalue weighted by molar-refractivity contribution is 5.65. The standard InChI is InChI=1S/C10H12FN/c1-7-5-9(11)3-4-10(7)8(2)6-12/h3-6H,12H2,1-2H3/b8-6-. The summed E-state index contributed by atoms with van der Waals surface area (Å²) in [5.74, 6) is -0.207. The number of benzene rings is 1. The summed E-state index contributed by atoms with van der Waals surface area (Å²) in [5.41, 5.74) is 8.23. The molecule has 1 nitrogen and oxygen atoms in total.